The van der Waals surface area contributed by atoms with Gasteiger partial charge in [-0.25, -0.2) is 4.98 Å². The molecule has 2 saturated heterocycles. The molecule has 1 atom stereocenters. The quantitative estimate of drug-likeness (QED) is 0.904. The van der Waals surface area contributed by atoms with Crippen molar-refractivity contribution >= 4 is 23.3 Å². The summed E-state index contributed by atoms with van der Waals surface area (Å²) in [4.78, 5) is 19.5. The highest BCUT2D eigenvalue weighted by molar-refractivity contribution is 7.99. The Balaban J connectivity index is 1.46. The van der Waals surface area contributed by atoms with Gasteiger partial charge in [-0.1, -0.05) is 6.07 Å². The molecule has 7 heteroatoms. The molecule has 0 radical (unpaired) electrons. The molecule has 24 heavy (non-hydrogen) atoms. The van der Waals surface area contributed by atoms with Crippen molar-refractivity contribution < 1.29 is 9.53 Å². The molecule has 1 amide bonds. The molecule has 0 saturated carbocycles. The van der Waals surface area contributed by atoms with Gasteiger partial charge in [-0.2, -0.15) is 11.8 Å². The van der Waals surface area contributed by atoms with E-state index in [1.54, 1.807) is 6.20 Å². The van der Waals surface area contributed by atoms with Gasteiger partial charge in [0.1, 0.15) is 11.3 Å². The minimum atomic E-state index is -0.0942. The van der Waals surface area contributed by atoms with Crippen molar-refractivity contribution in [2.75, 3.05) is 44.4 Å². The smallest absolute Gasteiger partial charge is 0.271 e. The Kier molecular flexibility index (Phi) is 4.47. The van der Waals surface area contributed by atoms with Crippen LogP contribution in [0, 0.1) is 0 Å². The number of carbonyl (C=O) groups excluding carboxylic acids is 1. The molecule has 0 aliphatic carbocycles. The van der Waals surface area contributed by atoms with Crippen LogP contribution in [0.25, 0.3) is 5.65 Å². The molecule has 2 aliphatic rings. The molecule has 0 spiro atoms. The monoisotopic (exact) mass is 346 g/mol. The molecule has 2 aromatic heterocycles. The van der Waals surface area contributed by atoms with Gasteiger partial charge in [0.15, 0.2) is 0 Å². The molecule has 0 aromatic carbocycles. The van der Waals surface area contributed by atoms with Crippen LogP contribution in [0.2, 0.25) is 0 Å². The number of rotatable bonds is 4. The van der Waals surface area contributed by atoms with E-state index in [2.05, 4.69) is 15.2 Å². The minimum Gasteiger partial charge on any atom is -0.379 e. The molecule has 0 unspecified atom stereocenters. The Labute approximate surface area is 145 Å². The predicted octanol–water partition coefficient (Wildman–Crippen LogP) is 1.27. The molecule has 4 rings (SSSR count). The molecular formula is C17H22N4O2S. The Morgan fingerprint density at radius 2 is 2.25 bits per heavy atom. The van der Waals surface area contributed by atoms with E-state index in [1.807, 2.05) is 40.6 Å². The molecule has 2 aromatic rings. The summed E-state index contributed by atoms with van der Waals surface area (Å²) in [5.74, 6) is 2.13. The highest BCUT2D eigenvalue weighted by atomic mass is 32.2. The summed E-state index contributed by atoms with van der Waals surface area (Å²) in [5, 5.41) is 3.13. The van der Waals surface area contributed by atoms with Gasteiger partial charge in [-0.15, -0.1) is 0 Å². The fourth-order valence-corrected chi connectivity index (χ4v) is 4.99. The number of imidazole rings is 1. The molecule has 6 nitrogen and oxygen atoms in total. The molecule has 4 heterocycles. The van der Waals surface area contributed by atoms with E-state index in [0.717, 1.165) is 49.9 Å². The van der Waals surface area contributed by atoms with Crippen molar-refractivity contribution in [1.29, 1.82) is 0 Å². The van der Waals surface area contributed by atoms with Crippen LogP contribution < -0.4 is 5.32 Å². The van der Waals surface area contributed by atoms with E-state index >= 15 is 0 Å². The summed E-state index contributed by atoms with van der Waals surface area (Å²) < 4.78 is 7.36. The van der Waals surface area contributed by atoms with Crippen LogP contribution in [-0.4, -0.2) is 70.1 Å². The van der Waals surface area contributed by atoms with Crippen LogP contribution in [0.4, 0.5) is 0 Å². The van der Waals surface area contributed by atoms with E-state index in [-0.39, 0.29) is 11.4 Å². The zero-order valence-corrected chi connectivity index (χ0v) is 14.4. The number of fused-ring (bicyclic) bond motifs is 1. The summed E-state index contributed by atoms with van der Waals surface area (Å²) in [6.45, 7) is 4.14. The second-order valence-corrected chi connectivity index (χ2v) is 7.51. The number of thioether (sulfide) groups is 1. The topological polar surface area (TPSA) is 58.9 Å². The van der Waals surface area contributed by atoms with Gasteiger partial charge < -0.3 is 14.5 Å². The lowest BCUT2D eigenvalue weighted by atomic mass is 9.95. The van der Waals surface area contributed by atoms with E-state index in [1.165, 1.54) is 0 Å². The van der Waals surface area contributed by atoms with Crippen molar-refractivity contribution in [1.82, 2.24) is 19.6 Å². The third-order valence-corrected chi connectivity index (χ3v) is 6.17. The van der Waals surface area contributed by atoms with Gasteiger partial charge in [0.25, 0.3) is 5.91 Å². The Bertz CT molecular complexity index is 687. The zero-order chi connectivity index (χ0) is 16.4. The fourth-order valence-electron chi connectivity index (χ4n) is 3.51. The average Bonchev–Trinajstić information content (AvgIpc) is 3.28. The van der Waals surface area contributed by atoms with Crippen LogP contribution in [-0.2, 0) is 4.74 Å². The number of carbonyl (C=O) groups is 1. The number of morpholine rings is 1. The van der Waals surface area contributed by atoms with Crippen LogP contribution in [0.15, 0.2) is 30.6 Å². The summed E-state index contributed by atoms with van der Waals surface area (Å²) in [7, 11) is 0. The number of nitrogens with one attached hydrogen (secondary N) is 1. The maximum absolute atomic E-state index is 12.6. The summed E-state index contributed by atoms with van der Waals surface area (Å²) in [6.07, 6.45) is 4.81. The first-order valence-corrected chi connectivity index (χ1v) is 9.55. The van der Waals surface area contributed by atoms with Gasteiger partial charge in [-0.05, 0) is 24.3 Å². The van der Waals surface area contributed by atoms with Crippen molar-refractivity contribution in [3.63, 3.8) is 0 Å². The Morgan fingerprint density at radius 1 is 1.38 bits per heavy atom. The molecular weight excluding hydrogens is 324 g/mol. The first kappa shape index (κ1) is 15.9. The Morgan fingerprint density at radius 3 is 3.00 bits per heavy atom. The standard InChI is InChI=1S/C17H22N4O2S/c22-16(14-11-20-5-2-1-3-15(20)19-14)18-12-17(4-10-24-13-17)21-6-8-23-9-7-21/h1-3,5,11H,4,6-10,12-13H2,(H,18,22)/t17-/m1/s1. The molecule has 1 N–H and O–H groups in total. The zero-order valence-electron chi connectivity index (χ0n) is 13.6. The van der Waals surface area contributed by atoms with Gasteiger partial charge in [-0.3, -0.25) is 9.69 Å². The molecule has 128 valence electrons. The summed E-state index contributed by atoms with van der Waals surface area (Å²) in [6, 6.07) is 5.76. The first-order valence-electron chi connectivity index (χ1n) is 8.39. The van der Waals surface area contributed by atoms with Crippen LogP contribution in [0.3, 0.4) is 0 Å². The van der Waals surface area contributed by atoms with Crippen molar-refractivity contribution in [2.24, 2.45) is 0 Å². The maximum Gasteiger partial charge on any atom is 0.271 e. The highest BCUT2D eigenvalue weighted by Gasteiger charge is 2.41. The first-order chi connectivity index (χ1) is 11.8. The number of nitrogens with zero attached hydrogens (tertiary/aromatic N) is 3. The van der Waals surface area contributed by atoms with E-state index in [4.69, 9.17) is 4.74 Å². The van der Waals surface area contributed by atoms with Crippen molar-refractivity contribution in [3.05, 3.63) is 36.3 Å². The van der Waals surface area contributed by atoms with E-state index in [9.17, 15) is 4.79 Å². The Hall–Kier alpha value is -1.57. The number of aromatic nitrogens is 2. The van der Waals surface area contributed by atoms with Gasteiger partial charge in [0.2, 0.25) is 0 Å². The van der Waals surface area contributed by atoms with E-state index in [0.29, 0.717) is 12.2 Å². The second-order valence-electron chi connectivity index (χ2n) is 6.40. The minimum absolute atomic E-state index is 0.0588. The van der Waals surface area contributed by atoms with Crippen LogP contribution in [0.5, 0.6) is 0 Å². The SMILES string of the molecule is O=C(NC[C@]1(N2CCOCC2)CCSC1)c1cn2ccccc2n1. The normalized spacial score (nSPS) is 25.2. The van der Waals surface area contributed by atoms with Gasteiger partial charge in [0.05, 0.1) is 13.2 Å². The number of amides is 1. The maximum atomic E-state index is 12.6. The van der Waals surface area contributed by atoms with Gasteiger partial charge >= 0.3 is 0 Å². The number of hydrogen-bond acceptors (Lipinski definition) is 5. The summed E-state index contributed by atoms with van der Waals surface area (Å²) in [5.41, 5.74) is 1.33. The summed E-state index contributed by atoms with van der Waals surface area (Å²) >= 11 is 1.97. The second kappa shape index (κ2) is 6.74. The molecule has 2 aliphatic heterocycles. The predicted molar refractivity (Wildman–Crippen MR) is 94.6 cm³/mol. The molecule has 0 bridgehead atoms. The van der Waals surface area contributed by atoms with E-state index < -0.39 is 0 Å². The lowest BCUT2D eigenvalue weighted by molar-refractivity contribution is -0.0129. The molecule has 2 fully saturated rings. The highest BCUT2D eigenvalue weighted by Crippen LogP contribution is 2.33. The number of pyridine rings is 1. The number of ether oxygens (including phenoxy) is 1. The average molecular weight is 346 g/mol. The number of hydrogen-bond donors (Lipinski definition) is 1. The third kappa shape index (κ3) is 3.03. The largest absolute Gasteiger partial charge is 0.379 e. The van der Waals surface area contributed by atoms with Crippen LogP contribution in [0.1, 0.15) is 16.9 Å². The fraction of sp³-hybridized carbons (Fsp3) is 0.529. The lowest BCUT2D eigenvalue weighted by Crippen LogP contribution is -2.59. The lowest BCUT2D eigenvalue weighted by Gasteiger charge is -2.43. The van der Waals surface area contributed by atoms with Gasteiger partial charge in [0, 0.05) is 43.3 Å². The third-order valence-electron chi connectivity index (χ3n) is 4.94. The van der Waals surface area contributed by atoms with Crippen molar-refractivity contribution in [3.8, 4) is 0 Å². The van der Waals surface area contributed by atoms with Crippen LogP contribution >= 0.6 is 11.8 Å². The van der Waals surface area contributed by atoms with Crippen molar-refractivity contribution in [2.45, 2.75) is 12.0 Å².